The smallest absolute Gasteiger partial charge is 0.203 e. The third kappa shape index (κ3) is 3.28. The summed E-state index contributed by atoms with van der Waals surface area (Å²) in [6.45, 7) is 0. The second-order valence-corrected chi connectivity index (χ2v) is 8.89. The molecule has 0 atom stereocenters. The van der Waals surface area contributed by atoms with Crippen LogP contribution in [0, 0.1) is 0 Å². The zero-order valence-electron chi connectivity index (χ0n) is 15.7. The lowest BCUT2D eigenvalue weighted by atomic mass is 9.97. The van der Waals surface area contributed by atoms with Crippen molar-refractivity contribution in [2.75, 3.05) is 0 Å². The summed E-state index contributed by atoms with van der Waals surface area (Å²) in [6.07, 6.45) is 0. The highest BCUT2D eigenvalue weighted by molar-refractivity contribution is 7.21. The Bertz CT molecular complexity index is 1360. The first-order chi connectivity index (χ1) is 14.6. The third-order valence-electron chi connectivity index (χ3n) is 4.96. The van der Waals surface area contributed by atoms with Crippen molar-refractivity contribution in [3.63, 3.8) is 0 Å². The lowest BCUT2D eigenvalue weighted by Gasteiger charge is -2.07. The molecule has 5 rings (SSSR count). The van der Waals surface area contributed by atoms with E-state index in [2.05, 4.69) is 0 Å². The Morgan fingerprint density at radius 1 is 0.767 bits per heavy atom. The lowest BCUT2D eigenvalue weighted by molar-refractivity contribution is 0.104. The predicted octanol–water partition coefficient (Wildman–Crippen LogP) is 6.94. The zero-order chi connectivity index (χ0) is 20.7. The Balaban J connectivity index is 1.66. The molecule has 0 aliphatic rings. The van der Waals surface area contributed by atoms with Gasteiger partial charge in [0, 0.05) is 31.5 Å². The van der Waals surface area contributed by atoms with Gasteiger partial charge in [-0.3, -0.25) is 4.79 Å². The van der Waals surface area contributed by atoms with Crippen molar-refractivity contribution in [1.82, 2.24) is 0 Å². The number of thiophene rings is 2. The maximum atomic E-state index is 13.3. The van der Waals surface area contributed by atoms with Crippen molar-refractivity contribution in [2.45, 2.75) is 0 Å². The lowest BCUT2D eigenvalue weighted by Crippen LogP contribution is -2.00. The van der Waals surface area contributed by atoms with Crippen LogP contribution >= 0.6 is 22.7 Å². The second-order valence-electron chi connectivity index (χ2n) is 6.93. The average Bonchev–Trinajstić information content (AvgIpc) is 3.37. The summed E-state index contributed by atoms with van der Waals surface area (Å²) in [5.41, 5.74) is 3.47. The van der Waals surface area contributed by atoms with Gasteiger partial charge in [0.25, 0.3) is 0 Å². The van der Waals surface area contributed by atoms with Crippen molar-refractivity contribution in [1.29, 1.82) is 0 Å². The molecule has 2 heterocycles. The van der Waals surface area contributed by atoms with E-state index in [0.29, 0.717) is 10.4 Å². The number of benzene rings is 3. The molecule has 0 spiro atoms. The highest BCUT2D eigenvalue weighted by atomic mass is 32.1. The average molecular weight is 429 g/mol. The molecular weight excluding hydrogens is 412 g/mol. The predicted molar refractivity (Wildman–Crippen MR) is 124 cm³/mol. The van der Waals surface area contributed by atoms with Gasteiger partial charge in [-0.15, -0.1) is 22.7 Å². The highest BCUT2D eigenvalue weighted by Crippen LogP contribution is 2.42. The fraction of sp³-hybridized carbons (Fsp3) is 0. The minimum Gasteiger partial charge on any atom is -0.508 e. The van der Waals surface area contributed by atoms with Crippen LogP contribution < -0.4 is 0 Å². The van der Waals surface area contributed by atoms with Crippen LogP contribution in [0.1, 0.15) is 15.2 Å². The van der Waals surface area contributed by atoms with Crippen molar-refractivity contribution in [3.05, 3.63) is 94.7 Å². The minimum atomic E-state index is -0.0291. The topological polar surface area (TPSA) is 57.5 Å². The molecule has 5 aromatic rings. The van der Waals surface area contributed by atoms with Gasteiger partial charge in [-0.25, -0.2) is 0 Å². The Labute approximate surface area is 181 Å². The number of ketones is 1. The van der Waals surface area contributed by atoms with Crippen LogP contribution in [0.15, 0.2) is 84.2 Å². The van der Waals surface area contributed by atoms with Gasteiger partial charge in [-0.05, 0) is 35.4 Å². The first kappa shape index (κ1) is 18.6. The van der Waals surface area contributed by atoms with Crippen LogP contribution in [0.4, 0.5) is 0 Å². The normalized spacial score (nSPS) is 11.1. The SMILES string of the molecule is O=C(c1ccccc1)c1sc2cc(O)ccc2c1-c1ccc(-c2cc(O)cs2)cc1. The van der Waals surface area contributed by atoms with Gasteiger partial charge >= 0.3 is 0 Å². The van der Waals surface area contributed by atoms with Crippen molar-refractivity contribution < 1.29 is 15.0 Å². The van der Waals surface area contributed by atoms with E-state index >= 15 is 0 Å². The maximum Gasteiger partial charge on any atom is 0.203 e. The van der Waals surface area contributed by atoms with Gasteiger partial charge in [-0.2, -0.15) is 0 Å². The minimum absolute atomic E-state index is 0.0291. The molecule has 146 valence electrons. The van der Waals surface area contributed by atoms with Crippen LogP contribution in [0.3, 0.4) is 0 Å². The van der Waals surface area contributed by atoms with E-state index in [-0.39, 0.29) is 17.3 Å². The fourth-order valence-corrected chi connectivity index (χ4v) is 5.53. The molecule has 0 aliphatic carbocycles. The van der Waals surface area contributed by atoms with Crippen LogP contribution in [0.2, 0.25) is 0 Å². The fourth-order valence-electron chi connectivity index (χ4n) is 3.53. The van der Waals surface area contributed by atoms with Gasteiger partial charge in [0.1, 0.15) is 11.5 Å². The second kappa shape index (κ2) is 7.44. The highest BCUT2D eigenvalue weighted by Gasteiger charge is 2.21. The summed E-state index contributed by atoms with van der Waals surface area (Å²) in [6, 6.07) is 24.2. The number of carbonyl (C=O) groups excluding carboxylic acids is 1. The Kier molecular flexibility index (Phi) is 4.62. The van der Waals surface area contributed by atoms with Crippen molar-refractivity contribution in [3.8, 4) is 33.1 Å². The first-order valence-corrected chi connectivity index (χ1v) is 11.0. The standard InChI is InChI=1S/C25H16O3S2/c26-18-10-11-20-22(12-18)30-25(24(28)17-4-2-1-3-5-17)23(20)16-8-6-15(7-9-16)21-13-19(27)14-29-21/h1-14,26-27H. The molecule has 0 amide bonds. The molecule has 0 bridgehead atoms. The molecule has 5 heteroatoms. The van der Waals surface area contributed by atoms with E-state index in [1.165, 1.54) is 22.7 Å². The summed E-state index contributed by atoms with van der Waals surface area (Å²) >= 11 is 2.88. The zero-order valence-corrected chi connectivity index (χ0v) is 17.3. The Morgan fingerprint density at radius 3 is 2.20 bits per heavy atom. The molecule has 2 aromatic heterocycles. The molecule has 0 saturated carbocycles. The van der Waals surface area contributed by atoms with E-state index in [1.807, 2.05) is 60.7 Å². The van der Waals surface area contributed by atoms with Gasteiger partial charge in [0.15, 0.2) is 0 Å². The number of phenolic OH excluding ortho intramolecular Hbond substituents is 1. The number of carbonyl (C=O) groups is 1. The summed E-state index contributed by atoms with van der Waals surface area (Å²) in [7, 11) is 0. The summed E-state index contributed by atoms with van der Waals surface area (Å²) < 4.78 is 0.872. The number of hydrogen-bond donors (Lipinski definition) is 2. The van der Waals surface area contributed by atoms with Crippen molar-refractivity contribution in [2.24, 2.45) is 0 Å². The van der Waals surface area contributed by atoms with E-state index < -0.39 is 0 Å². The molecule has 3 aromatic carbocycles. The molecule has 0 saturated heterocycles. The van der Waals surface area contributed by atoms with Gasteiger partial charge in [-0.1, -0.05) is 54.6 Å². The number of hydrogen-bond acceptors (Lipinski definition) is 5. The number of phenols is 1. The van der Waals surface area contributed by atoms with E-state index in [1.54, 1.807) is 23.6 Å². The van der Waals surface area contributed by atoms with Crippen LogP contribution in [0.5, 0.6) is 11.5 Å². The number of aromatic hydroxyl groups is 2. The largest absolute Gasteiger partial charge is 0.508 e. The molecule has 30 heavy (non-hydrogen) atoms. The molecule has 0 fully saturated rings. The quantitative estimate of drug-likeness (QED) is 0.305. The van der Waals surface area contributed by atoms with Gasteiger partial charge in [0.05, 0.1) is 4.88 Å². The summed E-state index contributed by atoms with van der Waals surface area (Å²) in [4.78, 5) is 14.9. The van der Waals surface area contributed by atoms with Crippen LogP contribution in [0.25, 0.3) is 31.7 Å². The van der Waals surface area contributed by atoms with Crippen LogP contribution in [-0.2, 0) is 0 Å². The van der Waals surface area contributed by atoms with Gasteiger partial charge < -0.3 is 10.2 Å². The monoisotopic (exact) mass is 428 g/mol. The van der Waals surface area contributed by atoms with Gasteiger partial charge in [0.2, 0.25) is 5.78 Å². The molecule has 0 aliphatic heterocycles. The molecule has 3 nitrogen and oxygen atoms in total. The maximum absolute atomic E-state index is 13.3. The van der Waals surface area contributed by atoms with Crippen LogP contribution in [-0.4, -0.2) is 16.0 Å². The van der Waals surface area contributed by atoms with E-state index in [4.69, 9.17) is 0 Å². The third-order valence-corrected chi connectivity index (χ3v) is 7.08. The van der Waals surface area contributed by atoms with Crippen molar-refractivity contribution >= 4 is 38.5 Å². The summed E-state index contributed by atoms with van der Waals surface area (Å²) in [5.74, 6) is 0.416. The number of rotatable bonds is 4. The van der Waals surface area contributed by atoms with E-state index in [0.717, 1.165) is 31.7 Å². The molecule has 0 radical (unpaired) electrons. The molecular formula is C25H16O3S2. The molecule has 0 unspecified atom stereocenters. The van der Waals surface area contributed by atoms with E-state index in [9.17, 15) is 15.0 Å². The molecule has 2 N–H and O–H groups in total. The first-order valence-electron chi connectivity index (χ1n) is 9.34. The Hall–Kier alpha value is -3.41. The Morgan fingerprint density at radius 2 is 1.50 bits per heavy atom. The number of fused-ring (bicyclic) bond motifs is 1. The summed E-state index contributed by atoms with van der Waals surface area (Å²) in [5, 5.41) is 22.2.